The molecular formula is C41H24N2S. The van der Waals surface area contributed by atoms with Crippen molar-refractivity contribution in [1.82, 2.24) is 9.38 Å². The summed E-state index contributed by atoms with van der Waals surface area (Å²) < 4.78 is 4.90. The number of nitrogens with zero attached hydrogens (tertiary/aromatic N) is 2. The predicted octanol–water partition coefficient (Wildman–Crippen LogP) is 11.6. The number of benzene rings is 7. The van der Waals surface area contributed by atoms with Crippen molar-refractivity contribution >= 4 is 80.5 Å². The fourth-order valence-corrected chi connectivity index (χ4v) is 8.16. The van der Waals surface area contributed by atoms with Crippen molar-refractivity contribution in [3.63, 3.8) is 0 Å². The lowest BCUT2D eigenvalue weighted by Crippen LogP contribution is -1.93. The van der Waals surface area contributed by atoms with E-state index in [1.54, 1.807) is 0 Å². The number of pyridine rings is 1. The zero-order valence-corrected chi connectivity index (χ0v) is 24.5. The molecule has 0 atom stereocenters. The molecule has 204 valence electrons. The topological polar surface area (TPSA) is 17.3 Å². The second-order valence-electron chi connectivity index (χ2n) is 11.6. The second kappa shape index (κ2) is 9.00. The molecule has 0 fully saturated rings. The molecule has 0 spiro atoms. The van der Waals surface area contributed by atoms with Crippen LogP contribution in [0.5, 0.6) is 0 Å². The number of aromatic nitrogens is 2. The van der Waals surface area contributed by atoms with Crippen molar-refractivity contribution in [2.45, 2.75) is 0 Å². The van der Waals surface area contributed by atoms with Crippen molar-refractivity contribution in [3.05, 3.63) is 146 Å². The van der Waals surface area contributed by atoms with Gasteiger partial charge in [0.2, 0.25) is 0 Å². The van der Waals surface area contributed by atoms with Crippen molar-refractivity contribution in [3.8, 4) is 22.4 Å². The quantitative estimate of drug-likeness (QED) is 0.187. The molecule has 3 heteroatoms. The SMILES string of the molecule is c1ccc2cc3cc4c(cc3cc2c1)nc1c2sc3ccccc3c2cc(-c2ccc(-c3cccc5ccccc35)cc2)n41. The molecule has 7 aromatic carbocycles. The minimum atomic E-state index is 1.02. The third-order valence-electron chi connectivity index (χ3n) is 9.12. The van der Waals surface area contributed by atoms with E-state index in [1.165, 1.54) is 69.2 Å². The summed E-state index contributed by atoms with van der Waals surface area (Å²) in [6.45, 7) is 0. The first-order valence-electron chi connectivity index (χ1n) is 15.0. The standard InChI is InChI=1S/C41H24N2S/c1-2-10-29-21-31-23-38-36(22-30(31)20-28(29)9-1)42-41-40-35(34-13-5-6-15-39(34)44-40)24-37(43(38)41)27-18-16-26(17-19-27)33-14-7-11-25-8-3-4-12-32(25)33/h1-24H. The highest BCUT2D eigenvalue weighted by molar-refractivity contribution is 7.26. The van der Waals surface area contributed by atoms with E-state index >= 15 is 0 Å². The van der Waals surface area contributed by atoms with Crippen LogP contribution < -0.4 is 0 Å². The number of rotatable bonds is 2. The van der Waals surface area contributed by atoms with Crippen LogP contribution in [0.3, 0.4) is 0 Å². The molecule has 0 radical (unpaired) electrons. The fraction of sp³-hybridized carbons (Fsp3) is 0. The fourth-order valence-electron chi connectivity index (χ4n) is 7.00. The summed E-state index contributed by atoms with van der Waals surface area (Å²) in [6, 6.07) is 53.1. The van der Waals surface area contributed by atoms with E-state index in [1.807, 2.05) is 11.3 Å². The molecule has 3 aromatic heterocycles. The zero-order valence-electron chi connectivity index (χ0n) is 23.7. The maximum Gasteiger partial charge on any atom is 0.156 e. The highest BCUT2D eigenvalue weighted by Crippen LogP contribution is 2.41. The van der Waals surface area contributed by atoms with Crippen LogP contribution in [0.1, 0.15) is 0 Å². The summed E-state index contributed by atoms with van der Waals surface area (Å²) in [5, 5.41) is 10.0. The number of hydrogen-bond acceptors (Lipinski definition) is 2. The van der Waals surface area contributed by atoms with Gasteiger partial charge in [0.05, 0.1) is 21.4 Å². The number of hydrogen-bond donors (Lipinski definition) is 0. The first kappa shape index (κ1) is 24.0. The Morgan fingerprint density at radius 2 is 1.14 bits per heavy atom. The molecule has 44 heavy (non-hydrogen) atoms. The van der Waals surface area contributed by atoms with Crippen molar-refractivity contribution in [1.29, 1.82) is 0 Å². The van der Waals surface area contributed by atoms with Gasteiger partial charge in [0.15, 0.2) is 5.65 Å². The number of fused-ring (bicyclic) bond motifs is 10. The zero-order chi connectivity index (χ0) is 28.8. The van der Waals surface area contributed by atoms with E-state index in [0.717, 1.165) is 22.4 Å². The minimum Gasteiger partial charge on any atom is -0.291 e. The van der Waals surface area contributed by atoms with E-state index in [0.29, 0.717) is 0 Å². The van der Waals surface area contributed by atoms with Gasteiger partial charge in [0, 0.05) is 15.5 Å². The van der Waals surface area contributed by atoms with Gasteiger partial charge in [-0.05, 0) is 85.4 Å². The molecule has 0 saturated carbocycles. The Balaban J connectivity index is 1.26. The monoisotopic (exact) mass is 576 g/mol. The highest BCUT2D eigenvalue weighted by atomic mass is 32.1. The van der Waals surface area contributed by atoms with Crippen LogP contribution in [-0.2, 0) is 0 Å². The molecule has 10 aromatic rings. The third-order valence-corrected chi connectivity index (χ3v) is 10.3. The molecule has 0 saturated heterocycles. The van der Waals surface area contributed by atoms with E-state index in [-0.39, 0.29) is 0 Å². The summed E-state index contributed by atoms with van der Waals surface area (Å²) in [4.78, 5) is 5.33. The van der Waals surface area contributed by atoms with E-state index in [4.69, 9.17) is 4.98 Å². The largest absolute Gasteiger partial charge is 0.291 e. The van der Waals surface area contributed by atoms with Gasteiger partial charge in [-0.25, -0.2) is 4.98 Å². The van der Waals surface area contributed by atoms with Gasteiger partial charge < -0.3 is 0 Å². The minimum absolute atomic E-state index is 1.02. The van der Waals surface area contributed by atoms with E-state index < -0.39 is 0 Å². The van der Waals surface area contributed by atoms with Crippen LogP contribution in [0, 0.1) is 0 Å². The highest BCUT2D eigenvalue weighted by Gasteiger charge is 2.18. The van der Waals surface area contributed by atoms with Crippen LogP contribution >= 0.6 is 11.3 Å². The third kappa shape index (κ3) is 3.45. The summed E-state index contributed by atoms with van der Waals surface area (Å²) >= 11 is 1.83. The molecule has 10 rings (SSSR count). The van der Waals surface area contributed by atoms with Crippen LogP contribution in [0.15, 0.2) is 146 Å². The summed E-state index contributed by atoms with van der Waals surface area (Å²) in [7, 11) is 0. The smallest absolute Gasteiger partial charge is 0.156 e. The lowest BCUT2D eigenvalue weighted by atomic mass is 9.97. The molecule has 0 unspecified atom stereocenters. The van der Waals surface area contributed by atoms with Crippen molar-refractivity contribution in [2.24, 2.45) is 0 Å². The maximum absolute atomic E-state index is 5.33. The molecule has 0 N–H and O–H groups in total. The Morgan fingerprint density at radius 3 is 1.95 bits per heavy atom. The number of thiophene rings is 1. The van der Waals surface area contributed by atoms with Crippen molar-refractivity contribution < 1.29 is 0 Å². The molecule has 0 aliphatic heterocycles. The predicted molar refractivity (Wildman–Crippen MR) is 189 cm³/mol. The van der Waals surface area contributed by atoms with Crippen LogP contribution in [0.25, 0.3) is 91.6 Å². The average Bonchev–Trinajstić information content (AvgIpc) is 3.64. The Bertz CT molecular complexity index is 2760. The normalized spacial score (nSPS) is 12.1. The molecule has 3 heterocycles. The van der Waals surface area contributed by atoms with Gasteiger partial charge in [-0.3, -0.25) is 4.40 Å². The first-order valence-corrected chi connectivity index (χ1v) is 15.8. The molecule has 0 aliphatic carbocycles. The lowest BCUT2D eigenvalue weighted by molar-refractivity contribution is 1.25. The summed E-state index contributed by atoms with van der Waals surface area (Å²) in [5.74, 6) is 0. The Morgan fingerprint density at radius 1 is 0.477 bits per heavy atom. The van der Waals surface area contributed by atoms with Crippen LogP contribution in [-0.4, -0.2) is 9.38 Å². The van der Waals surface area contributed by atoms with Gasteiger partial charge in [0.1, 0.15) is 0 Å². The lowest BCUT2D eigenvalue weighted by Gasteiger charge is -2.11. The summed E-state index contributed by atoms with van der Waals surface area (Å²) in [6.07, 6.45) is 0. The maximum atomic E-state index is 5.33. The first-order chi connectivity index (χ1) is 21.8. The Labute approximate surface area is 257 Å². The van der Waals surface area contributed by atoms with Gasteiger partial charge in [-0.15, -0.1) is 11.3 Å². The summed E-state index contributed by atoms with van der Waals surface area (Å²) in [5.41, 5.74) is 7.98. The van der Waals surface area contributed by atoms with Crippen molar-refractivity contribution in [2.75, 3.05) is 0 Å². The van der Waals surface area contributed by atoms with E-state index in [2.05, 4.69) is 150 Å². The molecule has 0 aliphatic rings. The van der Waals surface area contributed by atoms with Crippen LogP contribution in [0.4, 0.5) is 0 Å². The van der Waals surface area contributed by atoms with Crippen LogP contribution in [0.2, 0.25) is 0 Å². The van der Waals surface area contributed by atoms with E-state index in [9.17, 15) is 0 Å². The molecule has 0 bridgehead atoms. The Kier molecular flexibility index (Phi) is 4.90. The average molecular weight is 577 g/mol. The molecule has 0 amide bonds. The van der Waals surface area contributed by atoms with Gasteiger partial charge >= 0.3 is 0 Å². The Hall–Kier alpha value is -5.51. The molecular weight excluding hydrogens is 553 g/mol. The second-order valence-corrected chi connectivity index (χ2v) is 12.7. The van der Waals surface area contributed by atoms with Gasteiger partial charge in [-0.1, -0.05) is 109 Å². The van der Waals surface area contributed by atoms with Gasteiger partial charge in [0.25, 0.3) is 0 Å². The van der Waals surface area contributed by atoms with Gasteiger partial charge in [-0.2, -0.15) is 0 Å². The number of imidazole rings is 1. The molecule has 2 nitrogen and oxygen atoms in total.